The van der Waals surface area contributed by atoms with E-state index in [2.05, 4.69) is 33.4 Å². The molecule has 1 aliphatic heterocycles. The summed E-state index contributed by atoms with van der Waals surface area (Å²) in [6, 6.07) is 16.0. The summed E-state index contributed by atoms with van der Waals surface area (Å²) >= 11 is 3.46. The third-order valence-electron chi connectivity index (χ3n) is 3.24. The van der Waals surface area contributed by atoms with Crippen LogP contribution in [0.1, 0.15) is 17.0 Å². The second kappa shape index (κ2) is 4.58. The molecule has 18 heavy (non-hydrogen) atoms. The summed E-state index contributed by atoms with van der Waals surface area (Å²) in [7, 11) is 0. The minimum absolute atomic E-state index is 0.0736. The smallest absolute Gasteiger partial charge is 0.232 e. The molecule has 3 rings (SSSR count). The highest BCUT2D eigenvalue weighted by Gasteiger charge is 2.29. The maximum Gasteiger partial charge on any atom is 0.232 e. The van der Waals surface area contributed by atoms with E-state index in [-0.39, 0.29) is 11.8 Å². The molecule has 0 aliphatic carbocycles. The Bertz CT molecular complexity index is 609. The van der Waals surface area contributed by atoms with Gasteiger partial charge in [0.25, 0.3) is 0 Å². The van der Waals surface area contributed by atoms with Gasteiger partial charge >= 0.3 is 0 Å². The van der Waals surface area contributed by atoms with Gasteiger partial charge in [-0.25, -0.2) is 0 Å². The predicted molar refractivity (Wildman–Crippen MR) is 75.7 cm³/mol. The second-order valence-electron chi connectivity index (χ2n) is 4.46. The van der Waals surface area contributed by atoms with Gasteiger partial charge in [0, 0.05) is 10.2 Å². The largest absolute Gasteiger partial charge is 0.325 e. The lowest BCUT2D eigenvalue weighted by Gasteiger charge is -2.09. The standard InChI is InChI=1S/C15H12BrNO/c16-11-5-3-4-10(8-11)9-13-12-6-1-2-7-14(12)17-15(13)18/h1-8,13H,9H2,(H,17,18)/t13-/m0/s1. The van der Waals surface area contributed by atoms with Crippen LogP contribution in [0.15, 0.2) is 53.0 Å². The number of para-hydroxylation sites is 1. The molecule has 1 aliphatic rings. The fourth-order valence-corrected chi connectivity index (χ4v) is 2.82. The number of halogens is 1. The van der Waals surface area contributed by atoms with Crippen LogP contribution in [0, 0.1) is 0 Å². The van der Waals surface area contributed by atoms with Crippen molar-refractivity contribution in [1.29, 1.82) is 0 Å². The number of anilines is 1. The normalized spacial score (nSPS) is 17.4. The van der Waals surface area contributed by atoms with Gasteiger partial charge in [0.05, 0.1) is 5.92 Å². The molecule has 90 valence electrons. The van der Waals surface area contributed by atoms with Crippen molar-refractivity contribution in [2.45, 2.75) is 12.3 Å². The number of rotatable bonds is 2. The van der Waals surface area contributed by atoms with Crippen LogP contribution in [-0.2, 0) is 11.2 Å². The van der Waals surface area contributed by atoms with Crippen LogP contribution in [-0.4, -0.2) is 5.91 Å². The topological polar surface area (TPSA) is 29.1 Å². The quantitative estimate of drug-likeness (QED) is 0.900. The van der Waals surface area contributed by atoms with Gasteiger partial charge in [-0.1, -0.05) is 46.3 Å². The van der Waals surface area contributed by atoms with Gasteiger partial charge < -0.3 is 5.32 Å². The molecule has 0 aromatic heterocycles. The molecule has 2 aromatic carbocycles. The third-order valence-corrected chi connectivity index (χ3v) is 3.73. The number of hydrogen-bond acceptors (Lipinski definition) is 1. The minimum Gasteiger partial charge on any atom is -0.325 e. The Hall–Kier alpha value is -1.61. The van der Waals surface area contributed by atoms with Gasteiger partial charge in [-0.2, -0.15) is 0 Å². The van der Waals surface area contributed by atoms with Crippen molar-refractivity contribution in [3.05, 3.63) is 64.1 Å². The van der Waals surface area contributed by atoms with E-state index in [1.54, 1.807) is 0 Å². The molecular weight excluding hydrogens is 290 g/mol. The first-order valence-electron chi connectivity index (χ1n) is 5.88. The van der Waals surface area contributed by atoms with Crippen molar-refractivity contribution < 1.29 is 4.79 Å². The number of amides is 1. The van der Waals surface area contributed by atoms with E-state index in [1.807, 2.05) is 36.4 Å². The van der Waals surface area contributed by atoms with Gasteiger partial charge in [0.2, 0.25) is 5.91 Å². The average Bonchev–Trinajstić information content (AvgIpc) is 2.66. The molecule has 2 aromatic rings. The van der Waals surface area contributed by atoms with Crippen molar-refractivity contribution in [3.63, 3.8) is 0 Å². The van der Waals surface area contributed by atoms with Crippen LogP contribution in [0.4, 0.5) is 5.69 Å². The van der Waals surface area contributed by atoms with Crippen molar-refractivity contribution in [3.8, 4) is 0 Å². The first-order valence-corrected chi connectivity index (χ1v) is 6.67. The molecule has 0 unspecified atom stereocenters. The molecule has 0 bridgehead atoms. The van der Waals surface area contributed by atoms with E-state index in [1.165, 1.54) is 5.56 Å². The van der Waals surface area contributed by atoms with Crippen molar-refractivity contribution in [2.75, 3.05) is 5.32 Å². The zero-order valence-electron chi connectivity index (χ0n) is 9.69. The first kappa shape index (κ1) is 11.5. The van der Waals surface area contributed by atoms with Crippen LogP contribution in [0.2, 0.25) is 0 Å². The molecule has 0 fully saturated rings. The van der Waals surface area contributed by atoms with Gasteiger partial charge in [-0.15, -0.1) is 0 Å². The van der Waals surface area contributed by atoms with E-state index in [4.69, 9.17) is 0 Å². The van der Waals surface area contributed by atoms with E-state index < -0.39 is 0 Å². The lowest BCUT2D eigenvalue weighted by atomic mass is 9.93. The van der Waals surface area contributed by atoms with Crippen molar-refractivity contribution in [2.24, 2.45) is 0 Å². The number of carbonyl (C=O) groups is 1. The molecule has 2 nitrogen and oxygen atoms in total. The summed E-state index contributed by atoms with van der Waals surface area (Å²) < 4.78 is 1.05. The van der Waals surface area contributed by atoms with Crippen LogP contribution in [0.3, 0.4) is 0 Å². The number of fused-ring (bicyclic) bond motifs is 1. The Kier molecular flexibility index (Phi) is 2.92. The maximum absolute atomic E-state index is 12.0. The monoisotopic (exact) mass is 301 g/mol. The summed E-state index contributed by atoms with van der Waals surface area (Å²) in [4.78, 5) is 12.0. The maximum atomic E-state index is 12.0. The lowest BCUT2D eigenvalue weighted by molar-refractivity contribution is -0.117. The molecule has 1 N–H and O–H groups in total. The molecule has 0 spiro atoms. The molecule has 0 saturated heterocycles. The predicted octanol–water partition coefficient (Wildman–Crippen LogP) is 3.73. The minimum atomic E-state index is -0.0736. The van der Waals surface area contributed by atoms with Gasteiger partial charge in [-0.3, -0.25) is 4.79 Å². The first-order chi connectivity index (χ1) is 8.74. The summed E-state index contributed by atoms with van der Waals surface area (Å²) in [5.74, 6) is 0.0201. The zero-order chi connectivity index (χ0) is 12.5. The van der Waals surface area contributed by atoms with E-state index in [9.17, 15) is 4.79 Å². The molecule has 1 atom stereocenters. The van der Waals surface area contributed by atoms with Crippen molar-refractivity contribution >= 4 is 27.5 Å². The highest BCUT2D eigenvalue weighted by atomic mass is 79.9. The fraction of sp³-hybridized carbons (Fsp3) is 0.133. The summed E-state index contributed by atoms with van der Waals surface area (Å²) in [6.07, 6.45) is 0.738. The zero-order valence-corrected chi connectivity index (χ0v) is 11.3. The Morgan fingerprint density at radius 2 is 1.94 bits per heavy atom. The number of carbonyl (C=O) groups excluding carboxylic acids is 1. The third kappa shape index (κ3) is 2.06. The van der Waals surface area contributed by atoms with Crippen molar-refractivity contribution in [1.82, 2.24) is 0 Å². The van der Waals surface area contributed by atoms with E-state index in [0.717, 1.165) is 22.1 Å². The van der Waals surface area contributed by atoms with Crippen LogP contribution in [0.25, 0.3) is 0 Å². The fourth-order valence-electron chi connectivity index (χ4n) is 2.38. The van der Waals surface area contributed by atoms with Crippen LogP contribution >= 0.6 is 15.9 Å². The number of nitrogens with one attached hydrogen (secondary N) is 1. The Morgan fingerprint density at radius 1 is 1.11 bits per heavy atom. The van der Waals surface area contributed by atoms with E-state index in [0.29, 0.717) is 0 Å². The molecular formula is C15H12BrNO. The van der Waals surface area contributed by atoms with Gasteiger partial charge in [0.1, 0.15) is 0 Å². The van der Waals surface area contributed by atoms with Crippen LogP contribution < -0.4 is 5.32 Å². The second-order valence-corrected chi connectivity index (χ2v) is 5.38. The molecule has 0 radical (unpaired) electrons. The SMILES string of the molecule is O=C1Nc2ccccc2[C@@H]1Cc1cccc(Br)c1. The molecule has 1 heterocycles. The number of hydrogen-bond donors (Lipinski definition) is 1. The molecule has 1 amide bonds. The summed E-state index contributed by atoms with van der Waals surface area (Å²) in [5, 5.41) is 2.93. The van der Waals surface area contributed by atoms with E-state index >= 15 is 0 Å². The highest BCUT2D eigenvalue weighted by Crippen LogP contribution is 2.34. The molecule has 3 heteroatoms. The molecule has 0 saturated carbocycles. The number of benzene rings is 2. The highest BCUT2D eigenvalue weighted by molar-refractivity contribution is 9.10. The Morgan fingerprint density at radius 3 is 2.78 bits per heavy atom. The summed E-state index contributed by atoms with van der Waals surface area (Å²) in [5.41, 5.74) is 3.21. The van der Waals surface area contributed by atoms with Gasteiger partial charge in [0.15, 0.2) is 0 Å². The van der Waals surface area contributed by atoms with Crippen LogP contribution in [0.5, 0.6) is 0 Å². The Balaban J connectivity index is 1.91. The van der Waals surface area contributed by atoms with Gasteiger partial charge in [-0.05, 0) is 35.7 Å². The lowest BCUT2D eigenvalue weighted by Crippen LogP contribution is -2.14. The Labute approximate surface area is 114 Å². The summed E-state index contributed by atoms with van der Waals surface area (Å²) in [6.45, 7) is 0. The average molecular weight is 302 g/mol.